The van der Waals surface area contributed by atoms with Gasteiger partial charge in [-0.1, -0.05) is 40.7 Å². The molecule has 1 amide bonds. The fourth-order valence-corrected chi connectivity index (χ4v) is 3.56. The number of amides is 1. The molecule has 0 unspecified atom stereocenters. The second-order valence-corrected chi connectivity index (χ2v) is 7.19. The summed E-state index contributed by atoms with van der Waals surface area (Å²) >= 11 is 0. The van der Waals surface area contributed by atoms with Gasteiger partial charge in [-0.25, -0.2) is 13.5 Å². The molecule has 0 N–H and O–H groups in total. The number of halogens is 2. The van der Waals surface area contributed by atoms with Gasteiger partial charge >= 0.3 is 0 Å². The Labute approximate surface area is 175 Å². The lowest BCUT2D eigenvalue weighted by Crippen LogP contribution is -2.30. The van der Waals surface area contributed by atoms with Crippen LogP contribution in [0.5, 0.6) is 0 Å². The van der Waals surface area contributed by atoms with Crippen LogP contribution in [0.15, 0.2) is 59.3 Å². The summed E-state index contributed by atoms with van der Waals surface area (Å²) in [5.41, 5.74) is 0.953. The van der Waals surface area contributed by atoms with E-state index in [9.17, 15) is 13.6 Å². The van der Waals surface area contributed by atoms with Crippen molar-refractivity contribution < 1.29 is 18.1 Å². The van der Waals surface area contributed by atoms with E-state index in [4.69, 9.17) is 4.52 Å². The highest BCUT2D eigenvalue weighted by Crippen LogP contribution is 2.26. The normalized spacial score (nSPS) is 16.1. The molecule has 1 atom stereocenters. The number of likely N-dealkylation sites (tertiary alicyclic amines) is 1. The van der Waals surface area contributed by atoms with Crippen LogP contribution in [0, 0.1) is 11.6 Å². The van der Waals surface area contributed by atoms with E-state index in [0.29, 0.717) is 31.0 Å². The summed E-state index contributed by atoms with van der Waals surface area (Å²) in [5, 5.41) is 12.2. The Kier molecular flexibility index (Phi) is 4.73. The minimum absolute atomic E-state index is 0.154. The fraction of sp³-hybridized carbons (Fsp3) is 0.190. The summed E-state index contributed by atoms with van der Waals surface area (Å²) in [6, 6.07) is 12.1. The monoisotopic (exact) mass is 422 g/mol. The largest absolute Gasteiger partial charge is 0.336 e. The van der Waals surface area contributed by atoms with Gasteiger partial charge in [0, 0.05) is 18.7 Å². The van der Waals surface area contributed by atoms with Crippen molar-refractivity contribution in [2.24, 2.45) is 0 Å². The van der Waals surface area contributed by atoms with E-state index in [-0.39, 0.29) is 17.5 Å². The molecule has 1 aliphatic heterocycles. The first-order valence-electron chi connectivity index (χ1n) is 9.64. The number of rotatable bonds is 4. The van der Waals surface area contributed by atoms with Crippen LogP contribution in [0.25, 0.3) is 23.0 Å². The molecular weight excluding hydrogens is 406 g/mol. The summed E-state index contributed by atoms with van der Waals surface area (Å²) in [5.74, 6) is -1.28. The molecule has 0 bridgehead atoms. The number of aromatic nitrogens is 5. The first kappa shape index (κ1) is 19.0. The third-order valence-electron chi connectivity index (χ3n) is 5.17. The van der Waals surface area contributed by atoms with Gasteiger partial charge in [-0.15, -0.1) is 5.10 Å². The second kappa shape index (κ2) is 7.71. The van der Waals surface area contributed by atoms with Gasteiger partial charge in [0.2, 0.25) is 5.82 Å². The topological polar surface area (TPSA) is 89.9 Å². The molecule has 3 heterocycles. The average Bonchev–Trinajstić information content (AvgIpc) is 3.55. The van der Waals surface area contributed by atoms with Crippen molar-refractivity contribution in [1.82, 2.24) is 30.0 Å². The predicted octanol–water partition coefficient (Wildman–Crippen LogP) is 3.36. The van der Waals surface area contributed by atoms with E-state index in [0.717, 1.165) is 23.8 Å². The van der Waals surface area contributed by atoms with Crippen molar-refractivity contribution in [2.75, 3.05) is 13.1 Å². The predicted molar refractivity (Wildman–Crippen MR) is 105 cm³/mol. The zero-order chi connectivity index (χ0) is 21.4. The van der Waals surface area contributed by atoms with Crippen molar-refractivity contribution in [3.05, 3.63) is 71.9 Å². The summed E-state index contributed by atoms with van der Waals surface area (Å²) in [4.78, 5) is 18.4. The van der Waals surface area contributed by atoms with Crippen LogP contribution in [0.4, 0.5) is 8.78 Å². The lowest BCUT2D eigenvalue weighted by molar-refractivity contribution is 0.0781. The second-order valence-electron chi connectivity index (χ2n) is 7.19. The summed E-state index contributed by atoms with van der Waals surface area (Å²) in [6.45, 7) is 0.698. The van der Waals surface area contributed by atoms with E-state index in [1.54, 1.807) is 10.9 Å². The molecule has 0 spiro atoms. The average molecular weight is 422 g/mol. The Hall–Kier alpha value is -3.95. The standard InChI is InChI=1S/C21H16F2N6O2/c22-14-6-7-17(23)16(10-14)21(30)28-9-8-15(11-28)29-12-18(25-27-29)20-24-19(26-31-20)13-4-2-1-3-5-13/h1-7,10,12,15H,8-9,11H2/t15-/m0/s1. The van der Waals surface area contributed by atoms with E-state index >= 15 is 0 Å². The van der Waals surface area contributed by atoms with Gasteiger partial charge < -0.3 is 9.42 Å². The Morgan fingerprint density at radius 3 is 2.81 bits per heavy atom. The Balaban J connectivity index is 1.30. The highest BCUT2D eigenvalue weighted by molar-refractivity contribution is 5.94. The minimum atomic E-state index is -0.747. The molecule has 31 heavy (non-hydrogen) atoms. The number of nitrogens with zero attached hydrogens (tertiary/aromatic N) is 6. The summed E-state index contributed by atoms with van der Waals surface area (Å²) in [6.07, 6.45) is 2.27. The van der Waals surface area contributed by atoms with Gasteiger partial charge in [-0.3, -0.25) is 4.79 Å². The molecule has 1 fully saturated rings. The van der Waals surface area contributed by atoms with E-state index in [1.807, 2.05) is 30.3 Å². The first-order chi connectivity index (χ1) is 15.1. The molecule has 10 heteroatoms. The van der Waals surface area contributed by atoms with Crippen molar-refractivity contribution in [3.8, 4) is 23.0 Å². The molecule has 8 nitrogen and oxygen atoms in total. The van der Waals surface area contributed by atoms with E-state index < -0.39 is 17.5 Å². The number of benzene rings is 2. The molecule has 156 valence electrons. The van der Waals surface area contributed by atoms with Gasteiger partial charge in [-0.05, 0) is 24.6 Å². The van der Waals surface area contributed by atoms with E-state index in [1.165, 1.54) is 4.90 Å². The zero-order valence-corrected chi connectivity index (χ0v) is 16.2. The van der Waals surface area contributed by atoms with Crippen molar-refractivity contribution >= 4 is 5.91 Å². The van der Waals surface area contributed by atoms with Crippen LogP contribution in [0.1, 0.15) is 22.8 Å². The molecule has 4 aromatic rings. The Morgan fingerprint density at radius 1 is 1.13 bits per heavy atom. The SMILES string of the molecule is O=C(c1cc(F)ccc1F)N1CC[C@H](n2cc(-c3nc(-c4ccccc4)no3)nn2)C1. The molecule has 0 aliphatic carbocycles. The maximum atomic E-state index is 13.9. The smallest absolute Gasteiger partial charge is 0.280 e. The van der Waals surface area contributed by atoms with Gasteiger partial charge in [0.1, 0.15) is 11.6 Å². The molecule has 5 rings (SSSR count). The van der Waals surface area contributed by atoms with Gasteiger partial charge in [0.15, 0.2) is 5.69 Å². The van der Waals surface area contributed by atoms with Crippen molar-refractivity contribution in [2.45, 2.75) is 12.5 Å². The maximum absolute atomic E-state index is 13.9. The molecule has 2 aromatic carbocycles. The third kappa shape index (κ3) is 3.67. The highest BCUT2D eigenvalue weighted by atomic mass is 19.1. The number of hydrogen-bond donors (Lipinski definition) is 0. The number of carbonyl (C=O) groups excluding carboxylic acids is 1. The molecule has 0 radical (unpaired) electrons. The third-order valence-corrected chi connectivity index (χ3v) is 5.17. The number of hydrogen-bond acceptors (Lipinski definition) is 6. The van der Waals surface area contributed by atoms with Crippen molar-refractivity contribution in [1.29, 1.82) is 0 Å². The van der Waals surface area contributed by atoms with Crippen LogP contribution in [-0.4, -0.2) is 49.0 Å². The van der Waals surface area contributed by atoms with Gasteiger partial charge in [0.25, 0.3) is 11.8 Å². The molecule has 2 aromatic heterocycles. The highest BCUT2D eigenvalue weighted by Gasteiger charge is 2.30. The summed E-state index contributed by atoms with van der Waals surface area (Å²) in [7, 11) is 0. The number of carbonyl (C=O) groups is 1. The minimum Gasteiger partial charge on any atom is -0.336 e. The molecule has 1 aliphatic rings. The maximum Gasteiger partial charge on any atom is 0.280 e. The zero-order valence-electron chi connectivity index (χ0n) is 16.2. The fourth-order valence-electron chi connectivity index (χ4n) is 3.56. The molecular formula is C21H16F2N6O2. The van der Waals surface area contributed by atoms with Crippen LogP contribution >= 0.6 is 0 Å². The molecule has 0 saturated carbocycles. The first-order valence-corrected chi connectivity index (χ1v) is 9.64. The lowest BCUT2D eigenvalue weighted by atomic mass is 10.2. The van der Waals surface area contributed by atoms with Crippen LogP contribution in [0.2, 0.25) is 0 Å². The lowest BCUT2D eigenvalue weighted by Gasteiger charge is -2.17. The van der Waals surface area contributed by atoms with Gasteiger partial charge in [0.05, 0.1) is 17.8 Å². The Morgan fingerprint density at radius 2 is 1.97 bits per heavy atom. The summed E-state index contributed by atoms with van der Waals surface area (Å²) < 4.78 is 34.3. The van der Waals surface area contributed by atoms with Gasteiger partial charge in [-0.2, -0.15) is 4.98 Å². The van der Waals surface area contributed by atoms with Crippen molar-refractivity contribution in [3.63, 3.8) is 0 Å². The Bertz CT molecular complexity index is 1240. The van der Waals surface area contributed by atoms with E-state index in [2.05, 4.69) is 20.5 Å². The van der Waals surface area contributed by atoms with Crippen LogP contribution < -0.4 is 0 Å². The van der Waals surface area contributed by atoms with Crippen LogP contribution in [0.3, 0.4) is 0 Å². The quantitative estimate of drug-likeness (QED) is 0.501. The molecule has 1 saturated heterocycles. The van der Waals surface area contributed by atoms with Crippen LogP contribution in [-0.2, 0) is 0 Å².